The summed E-state index contributed by atoms with van der Waals surface area (Å²) >= 11 is 0. The van der Waals surface area contributed by atoms with Crippen molar-refractivity contribution in [2.24, 2.45) is 23.7 Å². The SMILES string of the molecule is CCC#CC[C@H](C)[C@H](O)C=C[C@@H]1[C@H]2CC(CCCCCN(C)C)=C[C@H]2C[C@H]1O. The minimum Gasteiger partial charge on any atom is -0.392 e. The van der Waals surface area contributed by atoms with Crippen molar-refractivity contribution >= 4 is 0 Å². The molecule has 158 valence electrons. The van der Waals surface area contributed by atoms with Crippen molar-refractivity contribution in [1.29, 1.82) is 0 Å². The molecule has 0 aromatic rings. The first-order chi connectivity index (χ1) is 13.4. The summed E-state index contributed by atoms with van der Waals surface area (Å²) in [6.45, 7) is 5.26. The number of fused-ring (bicyclic) bond motifs is 1. The Balaban J connectivity index is 1.80. The van der Waals surface area contributed by atoms with Gasteiger partial charge in [-0.1, -0.05) is 44.1 Å². The van der Waals surface area contributed by atoms with Gasteiger partial charge in [-0.3, -0.25) is 0 Å². The van der Waals surface area contributed by atoms with Crippen molar-refractivity contribution in [3.05, 3.63) is 23.8 Å². The molecule has 0 aliphatic heterocycles. The molecule has 0 radical (unpaired) electrons. The smallest absolute Gasteiger partial charge is 0.0755 e. The van der Waals surface area contributed by atoms with Crippen LogP contribution in [0.25, 0.3) is 0 Å². The number of aliphatic hydroxyl groups excluding tert-OH is 2. The largest absolute Gasteiger partial charge is 0.392 e. The van der Waals surface area contributed by atoms with E-state index in [1.54, 1.807) is 5.57 Å². The zero-order chi connectivity index (χ0) is 20.5. The molecule has 6 atom stereocenters. The van der Waals surface area contributed by atoms with Gasteiger partial charge in [-0.05, 0) is 70.5 Å². The van der Waals surface area contributed by atoms with Crippen molar-refractivity contribution in [2.45, 2.75) is 77.4 Å². The maximum Gasteiger partial charge on any atom is 0.0755 e. The van der Waals surface area contributed by atoms with E-state index in [-0.39, 0.29) is 17.9 Å². The number of hydrogen-bond acceptors (Lipinski definition) is 3. The maximum absolute atomic E-state index is 10.5. The van der Waals surface area contributed by atoms with Crippen molar-refractivity contribution in [3.63, 3.8) is 0 Å². The summed E-state index contributed by atoms with van der Waals surface area (Å²) in [6, 6.07) is 0. The van der Waals surface area contributed by atoms with E-state index >= 15 is 0 Å². The lowest BCUT2D eigenvalue weighted by Crippen LogP contribution is -2.19. The molecule has 1 fully saturated rings. The van der Waals surface area contributed by atoms with Crippen LogP contribution in [0, 0.1) is 35.5 Å². The monoisotopic (exact) mass is 387 g/mol. The van der Waals surface area contributed by atoms with Gasteiger partial charge in [0.05, 0.1) is 12.2 Å². The number of aliphatic hydroxyl groups is 2. The van der Waals surface area contributed by atoms with E-state index in [1.807, 2.05) is 19.9 Å². The Hall–Kier alpha value is -1.08. The normalized spacial score (nSPS) is 28.9. The Kier molecular flexibility index (Phi) is 9.79. The van der Waals surface area contributed by atoms with Crippen LogP contribution in [-0.4, -0.2) is 48.0 Å². The molecule has 2 rings (SSSR count). The second kappa shape index (κ2) is 11.8. The van der Waals surface area contributed by atoms with Gasteiger partial charge in [-0.2, -0.15) is 0 Å². The highest BCUT2D eigenvalue weighted by Gasteiger charge is 2.43. The predicted octanol–water partition coefficient (Wildman–Crippen LogP) is 4.41. The number of allylic oxidation sites excluding steroid dienone is 2. The third-order valence-electron chi connectivity index (χ3n) is 6.39. The first-order valence-corrected chi connectivity index (χ1v) is 11.3. The topological polar surface area (TPSA) is 43.7 Å². The van der Waals surface area contributed by atoms with Gasteiger partial charge in [0.2, 0.25) is 0 Å². The van der Waals surface area contributed by atoms with Crippen LogP contribution in [0.15, 0.2) is 23.8 Å². The van der Waals surface area contributed by atoms with Crippen LogP contribution in [0.4, 0.5) is 0 Å². The fraction of sp³-hybridized carbons (Fsp3) is 0.760. The number of unbranched alkanes of at least 4 members (excludes halogenated alkanes) is 2. The maximum atomic E-state index is 10.5. The predicted molar refractivity (Wildman–Crippen MR) is 118 cm³/mol. The summed E-state index contributed by atoms with van der Waals surface area (Å²) in [6.07, 6.45) is 14.3. The number of nitrogens with zero attached hydrogens (tertiary/aromatic N) is 1. The van der Waals surface area contributed by atoms with Crippen LogP contribution in [0.1, 0.15) is 65.2 Å². The molecule has 0 amide bonds. The van der Waals surface area contributed by atoms with Gasteiger partial charge in [0.15, 0.2) is 0 Å². The molecule has 0 bridgehead atoms. The molecule has 0 unspecified atom stereocenters. The molecule has 1 saturated carbocycles. The molecule has 0 saturated heterocycles. The summed E-state index contributed by atoms with van der Waals surface area (Å²) in [5.41, 5.74) is 1.59. The molecule has 28 heavy (non-hydrogen) atoms. The van der Waals surface area contributed by atoms with E-state index in [9.17, 15) is 10.2 Å². The Morgan fingerprint density at radius 1 is 1.25 bits per heavy atom. The van der Waals surface area contributed by atoms with Gasteiger partial charge in [0.1, 0.15) is 0 Å². The zero-order valence-corrected chi connectivity index (χ0v) is 18.4. The summed E-state index contributed by atoms with van der Waals surface area (Å²) in [5.74, 6) is 7.54. The lowest BCUT2D eigenvalue weighted by molar-refractivity contribution is 0.137. The highest BCUT2D eigenvalue weighted by atomic mass is 16.3. The van der Waals surface area contributed by atoms with Crippen LogP contribution in [0.2, 0.25) is 0 Å². The summed E-state index contributed by atoms with van der Waals surface area (Å²) in [7, 11) is 4.27. The quantitative estimate of drug-likeness (QED) is 0.331. The second-order valence-electron chi connectivity index (χ2n) is 9.12. The second-order valence-corrected chi connectivity index (χ2v) is 9.12. The Bertz CT molecular complexity index is 583. The van der Waals surface area contributed by atoms with Gasteiger partial charge in [0, 0.05) is 18.8 Å². The Labute approximate surface area is 172 Å². The fourth-order valence-electron chi connectivity index (χ4n) is 4.66. The molecule has 0 aromatic carbocycles. The molecule has 0 spiro atoms. The van der Waals surface area contributed by atoms with Crippen molar-refractivity contribution in [1.82, 2.24) is 4.90 Å². The highest BCUT2D eigenvalue weighted by molar-refractivity contribution is 5.21. The van der Waals surface area contributed by atoms with Crippen LogP contribution in [-0.2, 0) is 0 Å². The molecule has 2 aliphatic carbocycles. The van der Waals surface area contributed by atoms with E-state index in [0.29, 0.717) is 11.8 Å². The van der Waals surface area contributed by atoms with E-state index in [4.69, 9.17) is 0 Å². The minimum atomic E-state index is -0.483. The molecule has 3 heteroatoms. The minimum absolute atomic E-state index is 0.129. The van der Waals surface area contributed by atoms with Crippen molar-refractivity contribution < 1.29 is 10.2 Å². The van der Waals surface area contributed by atoms with Crippen LogP contribution in [0.5, 0.6) is 0 Å². The lowest BCUT2D eigenvalue weighted by atomic mass is 9.88. The van der Waals surface area contributed by atoms with Crippen molar-refractivity contribution in [2.75, 3.05) is 20.6 Å². The van der Waals surface area contributed by atoms with E-state index in [2.05, 4.69) is 43.0 Å². The zero-order valence-electron chi connectivity index (χ0n) is 18.4. The molecule has 2 aliphatic rings. The van der Waals surface area contributed by atoms with Gasteiger partial charge < -0.3 is 15.1 Å². The van der Waals surface area contributed by atoms with Gasteiger partial charge >= 0.3 is 0 Å². The molecule has 3 nitrogen and oxygen atoms in total. The Morgan fingerprint density at radius 3 is 2.75 bits per heavy atom. The standard InChI is InChI=1S/C25H41NO2/c1-5-6-8-11-19(2)24(27)14-13-22-23-17-20(16-21(23)18-25(22)28)12-9-7-10-15-26(3)4/h13-14,16,19,21-25,27-28H,5,7,9-12,15,17-18H2,1-4H3/t19-,21-,22+,23-,24+,25+/m0/s1. The fourth-order valence-corrected chi connectivity index (χ4v) is 4.66. The molecule has 0 aromatic heterocycles. The average molecular weight is 388 g/mol. The molecule has 2 N–H and O–H groups in total. The van der Waals surface area contributed by atoms with E-state index in [1.165, 1.54) is 32.2 Å². The van der Waals surface area contributed by atoms with E-state index in [0.717, 1.165) is 25.7 Å². The van der Waals surface area contributed by atoms with Gasteiger partial charge in [0.25, 0.3) is 0 Å². The van der Waals surface area contributed by atoms with Crippen LogP contribution >= 0.6 is 0 Å². The highest BCUT2D eigenvalue weighted by Crippen LogP contribution is 2.48. The van der Waals surface area contributed by atoms with E-state index < -0.39 is 6.10 Å². The molecular weight excluding hydrogens is 346 g/mol. The van der Waals surface area contributed by atoms with Crippen LogP contribution < -0.4 is 0 Å². The van der Waals surface area contributed by atoms with Gasteiger partial charge in [-0.25, -0.2) is 0 Å². The first kappa shape index (κ1) is 23.2. The summed E-state index contributed by atoms with van der Waals surface area (Å²) in [4.78, 5) is 2.25. The Morgan fingerprint density at radius 2 is 2.04 bits per heavy atom. The molecular formula is C25H41NO2. The number of hydrogen-bond donors (Lipinski definition) is 2. The third kappa shape index (κ3) is 7.07. The van der Waals surface area contributed by atoms with Crippen molar-refractivity contribution in [3.8, 4) is 11.8 Å². The average Bonchev–Trinajstić information content (AvgIpc) is 3.15. The summed E-state index contributed by atoms with van der Waals surface area (Å²) in [5, 5.41) is 20.9. The first-order valence-electron chi connectivity index (χ1n) is 11.3. The number of rotatable bonds is 10. The molecule has 0 heterocycles. The van der Waals surface area contributed by atoms with Gasteiger partial charge in [-0.15, -0.1) is 11.8 Å². The lowest BCUT2D eigenvalue weighted by Gasteiger charge is -2.20. The third-order valence-corrected chi connectivity index (χ3v) is 6.39. The summed E-state index contributed by atoms with van der Waals surface area (Å²) < 4.78 is 0. The van der Waals surface area contributed by atoms with Crippen LogP contribution in [0.3, 0.4) is 0 Å².